The lowest BCUT2D eigenvalue weighted by Gasteiger charge is -2.28. The Kier molecular flexibility index (Phi) is 7.80. The fourth-order valence-corrected chi connectivity index (χ4v) is 4.29. The number of carbonyl (C=O) groups is 2. The molecule has 0 spiro atoms. The van der Waals surface area contributed by atoms with E-state index in [0.717, 1.165) is 29.3 Å². The number of aromatic nitrogens is 2. The van der Waals surface area contributed by atoms with E-state index in [0.29, 0.717) is 12.0 Å². The number of rotatable bonds is 7. The molecule has 1 aliphatic heterocycles. The Hall–Kier alpha value is -2.44. The van der Waals surface area contributed by atoms with Crippen LogP contribution in [0.2, 0.25) is 0 Å². The third-order valence-electron chi connectivity index (χ3n) is 5.45. The van der Waals surface area contributed by atoms with E-state index in [1.54, 1.807) is 32.4 Å². The number of carbonyl (C=O) groups excluding carboxylic acids is 2. The summed E-state index contributed by atoms with van der Waals surface area (Å²) in [5.74, 6) is -1.22. The van der Waals surface area contributed by atoms with E-state index in [-0.39, 0.29) is 31.4 Å². The number of hydrogen-bond donors (Lipinski definition) is 0. The van der Waals surface area contributed by atoms with E-state index in [4.69, 9.17) is 19.3 Å². The van der Waals surface area contributed by atoms with Gasteiger partial charge in [0.2, 0.25) is 0 Å². The minimum atomic E-state index is -1.79. The Balaban J connectivity index is 2.18. The number of halogens is 1. The van der Waals surface area contributed by atoms with Gasteiger partial charge in [0.05, 0.1) is 18.2 Å². The van der Waals surface area contributed by atoms with Crippen LogP contribution in [0.25, 0.3) is 10.9 Å². The van der Waals surface area contributed by atoms with Crippen LogP contribution in [0, 0.1) is 11.3 Å². The first-order valence-corrected chi connectivity index (χ1v) is 12.0. The topological polar surface area (TPSA) is 103 Å². The van der Waals surface area contributed by atoms with Crippen molar-refractivity contribution in [2.24, 2.45) is 0 Å². The standard InChI is InChI=1S/C24H30BrN3O5/c1-5-31-20(29)11-12-24(15-26,22(30)33-23(2,3)4)21-17-14-16(25)9-10-18(17)28(27-21)19-8-6-7-13-32-19/h9-10,14,19H,5-8,11-13H2,1-4H3. The second-order valence-electron chi connectivity index (χ2n) is 9.10. The van der Waals surface area contributed by atoms with Crippen molar-refractivity contribution in [3.05, 3.63) is 28.4 Å². The first kappa shape index (κ1) is 25.2. The highest BCUT2D eigenvalue weighted by molar-refractivity contribution is 9.10. The third kappa shape index (κ3) is 5.56. The molecule has 2 aromatic rings. The van der Waals surface area contributed by atoms with Crippen molar-refractivity contribution in [3.8, 4) is 6.07 Å². The molecule has 9 heteroatoms. The molecule has 33 heavy (non-hydrogen) atoms. The van der Waals surface area contributed by atoms with Crippen LogP contribution in [-0.2, 0) is 29.2 Å². The number of benzene rings is 1. The highest BCUT2D eigenvalue weighted by atomic mass is 79.9. The molecule has 1 saturated heterocycles. The molecule has 178 valence electrons. The molecule has 1 aliphatic rings. The third-order valence-corrected chi connectivity index (χ3v) is 5.94. The Morgan fingerprint density at radius 2 is 2.09 bits per heavy atom. The van der Waals surface area contributed by atoms with E-state index in [1.807, 2.05) is 18.2 Å². The van der Waals surface area contributed by atoms with E-state index in [1.165, 1.54) is 0 Å². The summed E-state index contributed by atoms with van der Waals surface area (Å²) in [4.78, 5) is 25.7. The Bertz CT molecular complexity index is 1060. The van der Waals surface area contributed by atoms with Crippen molar-refractivity contribution in [2.75, 3.05) is 13.2 Å². The van der Waals surface area contributed by atoms with Crippen molar-refractivity contribution < 1.29 is 23.8 Å². The largest absolute Gasteiger partial charge is 0.466 e. The van der Waals surface area contributed by atoms with Gasteiger partial charge < -0.3 is 14.2 Å². The summed E-state index contributed by atoms with van der Waals surface area (Å²) in [6, 6.07) is 7.76. The van der Waals surface area contributed by atoms with Gasteiger partial charge in [0.25, 0.3) is 0 Å². The summed E-state index contributed by atoms with van der Waals surface area (Å²) in [7, 11) is 0. The van der Waals surface area contributed by atoms with Crippen molar-refractivity contribution in [3.63, 3.8) is 0 Å². The molecule has 0 bridgehead atoms. The number of hydrogen-bond acceptors (Lipinski definition) is 7. The highest BCUT2D eigenvalue weighted by Crippen LogP contribution is 2.39. The summed E-state index contributed by atoms with van der Waals surface area (Å²) in [5, 5.41) is 15.8. The zero-order valence-electron chi connectivity index (χ0n) is 19.5. The van der Waals surface area contributed by atoms with E-state index in [9.17, 15) is 14.9 Å². The van der Waals surface area contributed by atoms with Crippen LogP contribution in [0.4, 0.5) is 0 Å². The minimum Gasteiger partial charge on any atom is -0.466 e. The Labute approximate surface area is 202 Å². The number of nitriles is 1. The fraction of sp³-hybridized carbons (Fsp3) is 0.583. The van der Waals surface area contributed by atoms with Gasteiger partial charge in [0.15, 0.2) is 11.6 Å². The average Bonchev–Trinajstić information content (AvgIpc) is 3.13. The molecule has 1 fully saturated rings. The van der Waals surface area contributed by atoms with Crippen molar-refractivity contribution in [2.45, 2.75) is 77.0 Å². The normalized spacial score (nSPS) is 18.4. The Morgan fingerprint density at radius 3 is 2.70 bits per heavy atom. The number of ether oxygens (including phenoxy) is 3. The summed E-state index contributed by atoms with van der Waals surface area (Å²) >= 11 is 3.49. The lowest BCUT2D eigenvalue weighted by Crippen LogP contribution is -2.41. The molecular formula is C24H30BrN3O5. The lowest BCUT2D eigenvalue weighted by atomic mass is 9.79. The molecule has 1 aromatic heterocycles. The summed E-state index contributed by atoms with van der Waals surface area (Å²) in [5.41, 5.74) is -1.61. The second kappa shape index (κ2) is 10.2. The molecule has 0 N–H and O–H groups in total. The first-order valence-electron chi connectivity index (χ1n) is 11.2. The fourth-order valence-electron chi connectivity index (χ4n) is 3.92. The maximum atomic E-state index is 13.5. The van der Waals surface area contributed by atoms with Crippen LogP contribution in [0.15, 0.2) is 22.7 Å². The second-order valence-corrected chi connectivity index (χ2v) is 10.0. The molecule has 2 atom stereocenters. The molecular weight excluding hydrogens is 490 g/mol. The van der Waals surface area contributed by atoms with Gasteiger partial charge in [-0.25, -0.2) is 9.48 Å². The van der Waals surface area contributed by atoms with Crippen molar-refractivity contribution in [1.82, 2.24) is 9.78 Å². The number of nitrogens with zero attached hydrogens (tertiary/aromatic N) is 3. The van der Waals surface area contributed by atoms with Crippen LogP contribution in [-0.4, -0.2) is 40.5 Å². The number of fused-ring (bicyclic) bond motifs is 1. The quantitative estimate of drug-likeness (QED) is 0.476. The Morgan fingerprint density at radius 1 is 1.33 bits per heavy atom. The average molecular weight is 520 g/mol. The summed E-state index contributed by atoms with van der Waals surface area (Å²) in [6.45, 7) is 7.76. The van der Waals surface area contributed by atoms with Crippen LogP contribution in [0.5, 0.6) is 0 Å². The highest BCUT2D eigenvalue weighted by Gasteiger charge is 2.48. The molecule has 2 unspecified atom stereocenters. The van der Waals surface area contributed by atoms with E-state index < -0.39 is 23.0 Å². The molecule has 0 amide bonds. The van der Waals surface area contributed by atoms with Gasteiger partial charge in [0.1, 0.15) is 11.3 Å². The smallest absolute Gasteiger partial charge is 0.333 e. The van der Waals surface area contributed by atoms with E-state index >= 15 is 0 Å². The molecule has 0 saturated carbocycles. The predicted molar refractivity (Wildman–Crippen MR) is 125 cm³/mol. The van der Waals surface area contributed by atoms with Gasteiger partial charge in [-0.05, 0) is 71.6 Å². The molecule has 3 rings (SSSR count). The SMILES string of the molecule is CCOC(=O)CCC(C#N)(C(=O)OC(C)(C)C)c1nn(C2CCCCO2)c2ccc(Br)cc12. The van der Waals surface area contributed by atoms with Gasteiger partial charge >= 0.3 is 11.9 Å². The van der Waals surface area contributed by atoms with Gasteiger partial charge in [-0.2, -0.15) is 10.4 Å². The monoisotopic (exact) mass is 519 g/mol. The number of esters is 2. The van der Waals surface area contributed by atoms with Gasteiger partial charge in [-0.15, -0.1) is 0 Å². The van der Waals surface area contributed by atoms with Crippen LogP contribution in [0.1, 0.15) is 71.7 Å². The lowest BCUT2D eigenvalue weighted by molar-refractivity contribution is -0.160. The van der Waals surface area contributed by atoms with Crippen molar-refractivity contribution in [1.29, 1.82) is 5.26 Å². The maximum Gasteiger partial charge on any atom is 0.333 e. The molecule has 8 nitrogen and oxygen atoms in total. The van der Waals surface area contributed by atoms with Gasteiger partial charge in [0, 0.05) is 22.9 Å². The summed E-state index contributed by atoms with van der Waals surface area (Å²) in [6.07, 6.45) is 2.23. The molecule has 0 aliphatic carbocycles. The van der Waals surface area contributed by atoms with Crippen molar-refractivity contribution >= 4 is 38.8 Å². The zero-order valence-corrected chi connectivity index (χ0v) is 21.1. The zero-order chi connectivity index (χ0) is 24.2. The predicted octanol–water partition coefficient (Wildman–Crippen LogP) is 4.94. The molecule has 0 radical (unpaired) electrons. The van der Waals surface area contributed by atoms with Gasteiger partial charge in [-0.1, -0.05) is 15.9 Å². The van der Waals surface area contributed by atoms with Crippen LogP contribution >= 0.6 is 15.9 Å². The molecule has 2 heterocycles. The van der Waals surface area contributed by atoms with Crippen LogP contribution in [0.3, 0.4) is 0 Å². The van der Waals surface area contributed by atoms with E-state index in [2.05, 4.69) is 22.0 Å². The summed E-state index contributed by atoms with van der Waals surface area (Å²) < 4.78 is 19.2. The van der Waals surface area contributed by atoms with Gasteiger partial charge in [-0.3, -0.25) is 4.79 Å². The maximum absolute atomic E-state index is 13.5. The molecule has 1 aromatic carbocycles. The minimum absolute atomic E-state index is 0.110. The van der Waals surface area contributed by atoms with Crippen LogP contribution < -0.4 is 0 Å². The first-order chi connectivity index (χ1) is 15.6.